The third-order valence-electron chi connectivity index (χ3n) is 5.93. The minimum atomic E-state index is -1.14. The van der Waals surface area contributed by atoms with Crippen molar-refractivity contribution in [1.29, 1.82) is 0 Å². The second-order valence-electron chi connectivity index (χ2n) is 10.4. The average molecular weight is 496 g/mol. The first kappa shape index (κ1) is 25.1. The van der Waals surface area contributed by atoms with Crippen molar-refractivity contribution in [1.82, 2.24) is 9.91 Å². The highest BCUT2D eigenvalue weighted by molar-refractivity contribution is 7.17. The fourth-order valence-electron chi connectivity index (χ4n) is 4.01. The Labute approximate surface area is 208 Å². The zero-order valence-corrected chi connectivity index (χ0v) is 23.0. The molecule has 1 aliphatic heterocycles. The van der Waals surface area contributed by atoms with Gasteiger partial charge in [0.05, 0.1) is 17.7 Å². The number of ether oxygens (including phenoxy) is 2. The van der Waals surface area contributed by atoms with Crippen molar-refractivity contribution in [3.05, 3.63) is 58.4 Å². The predicted molar refractivity (Wildman–Crippen MR) is 148 cm³/mol. The van der Waals surface area contributed by atoms with Gasteiger partial charge in [-0.1, -0.05) is 50.0 Å². The molecule has 7 heteroatoms. The lowest BCUT2D eigenvalue weighted by Crippen LogP contribution is -2.31. The fraction of sp³-hybridized carbons (Fsp3) is 0.444. The summed E-state index contributed by atoms with van der Waals surface area (Å²) in [6.45, 7) is 10.6. The number of nitrogens with zero attached hydrogens (tertiary/aromatic N) is 3. The Kier molecular flexibility index (Phi) is 8.21. The molecule has 0 saturated heterocycles. The van der Waals surface area contributed by atoms with Crippen LogP contribution in [0.2, 0.25) is 25.7 Å². The fourth-order valence-corrected chi connectivity index (χ4v) is 5.63. The van der Waals surface area contributed by atoms with E-state index < -0.39 is 8.07 Å². The van der Waals surface area contributed by atoms with Gasteiger partial charge in [0.2, 0.25) is 0 Å². The highest BCUT2D eigenvalue weighted by atomic mass is 32.1. The summed E-state index contributed by atoms with van der Waals surface area (Å²) in [7, 11) is 3.04. The molecule has 0 fully saturated rings. The van der Waals surface area contributed by atoms with E-state index in [0.717, 1.165) is 48.8 Å². The Balaban J connectivity index is 1.63. The molecular formula is C27H37N3O2SSi. The van der Waals surface area contributed by atoms with Gasteiger partial charge in [0.1, 0.15) is 6.73 Å². The first-order chi connectivity index (χ1) is 16.3. The van der Waals surface area contributed by atoms with E-state index in [-0.39, 0.29) is 0 Å². The largest absolute Gasteiger partial charge is 0.375 e. The lowest BCUT2D eigenvalue weighted by molar-refractivity contribution is 0.0385. The minimum Gasteiger partial charge on any atom is -0.375 e. The van der Waals surface area contributed by atoms with Crippen molar-refractivity contribution in [3.63, 3.8) is 0 Å². The van der Waals surface area contributed by atoms with Crippen LogP contribution in [0.5, 0.6) is 0 Å². The third-order valence-corrected chi connectivity index (χ3v) is 8.62. The summed E-state index contributed by atoms with van der Waals surface area (Å²) >= 11 is 1.78. The monoisotopic (exact) mass is 495 g/mol. The molecule has 0 saturated carbocycles. The quantitative estimate of drug-likeness (QED) is 0.249. The highest BCUT2D eigenvalue weighted by Gasteiger charge is 2.18. The van der Waals surface area contributed by atoms with Gasteiger partial charge in [-0.25, -0.2) is 5.01 Å². The van der Waals surface area contributed by atoms with Crippen LogP contribution in [0.15, 0.2) is 52.6 Å². The van der Waals surface area contributed by atoms with Crippen LogP contribution in [0.1, 0.15) is 12.0 Å². The van der Waals surface area contributed by atoms with Crippen molar-refractivity contribution in [2.24, 2.45) is 5.10 Å². The van der Waals surface area contributed by atoms with Crippen molar-refractivity contribution in [2.75, 3.05) is 47.2 Å². The second kappa shape index (κ2) is 11.1. The van der Waals surface area contributed by atoms with Crippen LogP contribution >= 0.6 is 11.3 Å². The Bertz CT molecular complexity index is 1230. The van der Waals surface area contributed by atoms with Gasteiger partial charge in [0, 0.05) is 42.3 Å². The zero-order chi connectivity index (χ0) is 24.1. The molecule has 0 amide bonds. The van der Waals surface area contributed by atoms with Crippen LogP contribution in [0.25, 0.3) is 26.9 Å². The molecule has 3 aromatic rings. The van der Waals surface area contributed by atoms with E-state index in [1.807, 2.05) is 5.01 Å². The number of rotatable bonds is 11. The van der Waals surface area contributed by atoms with E-state index >= 15 is 0 Å². The van der Waals surface area contributed by atoms with Crippen molar-refractivity contribution in [2.45, 2.75) is 32.1 Å². The molecule has 0 unspecified atom stereocenters. The summed E-state index contributed by atoms with van der Waals surface area (Å²) in [5.41, 5.74) is 2.17. The summed E-state index contributed by atoms with van der Waals surface area (Å²) < 4.78 is 13.5. The summed E-state index contributed by atoms with van der Waals surface area (Å²) in [6.07, 6.45) is 3.23. The maximum atomic E-state index is 6.11. The lowest BCUT2D eigenvalue weighted by Gasteiger charge is -2.26. The van der Waals surface area contributed by atoms with Crippen LogP contribution in [-0.4, -0.2) is 65.2 Å². The van der Waals surface area contributed by atoms with Crippen LogP contribution in [0.3, 0.4) is 0 Å². The topological polar surface area (TPSA) is 37.3 Å². The van der Waals surface area contributed by atoms with Gasteiger partial charge in [-0.15, -0.1) is 11.3 Å². The van der Waals surface area contributed by atoms with Crippen molar-refractivity contribution in [3.8, 4) is 0 Å². The van der Waals surface area contributed by atoms with Crippen LogP contribution in [0, 0.1) is 0 Å². The van der Waals surface area contributed by atoms with E-state index in [9.17, 15) is 0 Å². The van der Waals surface area contributed by atoms with E-state index in [1.165, 1.54) is 20.9 Å². The first-order valence-electron chi connectivity index (χ1n) is 12.1. The molecule has 0 bridgehead atoms. The Morgan fingerprint density at radius 3 is 2.68 bits per heavy atom. The molecule has 1 aliphatic rings. The highest BCUT2D eigenvalue weighted by Crippen LogP contribution is 2.30. The van der Waals surface area contributed by atoms with Gasteiger partial charge >= 0.3 is 0 Å². The second-order valence-corrected chi connectivity index (χ2v) is 16.9. The van der Waals surface area contributed by atoms with E-state index in [1.54, 1.807) is 11.3 Å². The van der Waals surface area contributed by atoms with Crippen molar-refractivity contribution >= 4 is 46.3 Å². The minimum absolute atomic E-state index is 0.444. The molecule has 0 radical (unpaired) electrons. The Morgan fingerprint density at radius 2 is 1.88 bits per heavy atom. The SMILES string of the molecule is CN(C)CCCOCC1=Cc2cccc3c(cc4cccsc43)c2=NN1COCC[Si](C)(C)C. The molecule has 2 heterocycles. The van der Waals surface area contributed by atoms with Gasteiger partial charge in [0.15, 0.2) is 0 Å². The van der Waals surface area contributed by atoms with Crippen molar-refractivity contribution < 1.29 is 9.47 Å². The first-order valence-corrected chi connectivity index (χ1v) is 16.7. The van der Waals surface area contributed by atoms with Crippen LogP contribution < -0.4 is 5.36 Å². The predicted octanol–water partition coefficient (Wildman–Crippen LogP) is 5.81. The molecule has 0 atom stereocenters. The Morgan fingerprint density at radius 1 is 1.03 bits per heavy atom. The lowest BCUT2D eigenvalue weighted by atomic mass is 10.1. The zero-order valence-electron chi connectivity index (χ0n) is 21.1. The number of hydrogen-bond acceptors (Lipinski definition) is 6. The smallest absolute Gasteiger partial charge is 0.139 e. The molecule has 1 aromatic heterocycles. The van der Waals surface area contributed by atoms with Crippen LogP contribution in [-0.2, 0) is 9.47 Å². The van der Waals surface area contributed by atoms with Gasteiger partial charge < -0.3 is 14.4 Å². The number of hydrogen-bond donors (Lipinski definition) is 0. The molecule has 2 aromatic carbocycles. The molecule has 0 spiro atoms. The van der Waals surface area contributed by atoms with Gasteiger partial charge in [-0.2, -0.15) is 5.10 Å². The number of fused-ring (bicyclic) bond motifs is 5. The summed E-state index contributed by atoms with van der Waals surface area (Å²) in [4.78, 5) is 2.18. The molecule has 34 heavy (non-hydrogen) atoms. The van der Waals surface area contributed by atoms with Crippen LogP contribution in [0.4, 0.5) is 0 Å². The van der Waals surface area contributed by atoms with E-state index in [4.69, 9.17) is 14.6 Å². The van der Waals surface area contributed by atoms with Gasteiger partial charge in [-0.3, -0.25) is 0 Å². The average Bonchev–Trinajstić information content (AvgIpc) is 3.05. The molecular weight excluding hydrogens is 458 g/mol. The maximum Gasteiger partial charge on any atom is 0.139 e. The molecule has 0 aliphatic carbocycles. The van der Waals surface area contributed by atoms with E-state index in [0.29, 0.717) is 13.3 Å². The van der Waals surface area contributed by atoms with E-state index in [2.05, 4.69) is 86.5 Å². The summed E-state index contributed by atoms with van der Waals surface area (Å²) in [5.74, 6) is 0. The molecule has 182 valence electrons. The van der Waals surface area contributed by atoms with Gasteiger partial charge in [-0.05, 0) is 56.0 Å². The molecule has 5 nitrogen and oxygen atoms in total. The maximum absolute atomic E-state index is 6.11. The Hall–Kier alpha value is -2.03. The van der Waals surface area contributed by atoms with Gasteiger partial charge in [0.25, 0.3) is 0 Å². The summed E-state index contributed by atoms with van der Waals surface area (Å²) in [6, 6.07) is 14.2. The molecule has 0 N–H and O–H groups in total. The summed E-state index contributed by atoms with van der Waals surface area (Å²) in [5, 5.41) is 14.0. The standard InChI is InChI=1S/C27H37N3O2SSi/c1-29(2)12-8-13-31-19-23-17-21-9-6-11-24-25(18-22-10-7-15-33-27(22)24)26(21)28-30(23)20-32-14-16-34(3,4)5/h6-7,9-11,15,17-18H,8,12-14,16,19-20H2,1-5H3. The third kappa shape index (κ3) is 6.34. The molecule has 4 rings (SSSR count). The normalized spacial score (nSPS) is 13.9.